The number of ether oxygens (including phenoxy) is 2. The molecule has 0 unspecified atom stereocenters. The highest BCUT2D eigenvalue weighted by atomic mass is 19.1. The standard InChI is InChI=1S/C23H22FNO3/c1-17-3-11-21(12-4-17)27-15-2-16-28-22-13-5-18(6-14-22)23(26)25-20-9-7-19(24)8-10-20/h3-14H,2,15-16H2,1H3,(H,25,26). The maximum Gasteiger partial charge on any atom is 0.255 e. The largest absolute Gasteiger partial charge is 0.493 e. The summed E-state index contributed by atoms with van der Waals surface area (Å²) in [7, 11) is 0. The van der Waals surface area contributed by atoms with Crippen LogP contribution < -0.4 is 14.8 Å². The number of carbonyl (C=O) groups is 1. The summed E-state index contributed by atoms with van der Waals surface area (Å²) < 4.78 is 24.2. The Balaban J connectivity index is 1.40. The number of hydrogen-bond donors (Lipinski definition) is 1. The first-order chi connectivity index (χ1) is 13.6. The first-order valence-corrected chi connectivity index (χ1v) is 9.09. The molecule has 0 atom stereocenters. The Bertz CT molecular complexity index is 891. The van der Waals surface area contributed by atoms with Crippen LogP contribution in [0.5, 0.6) is 11.5 Å². The molecule has 1 amide bonds. The SMILES string of the molecule is Cc1ccc(OCCCOc2ccc(C(=O)Nc3ccc(F)cc3)cc2)cc1. The van der Waals surface area contributed by atoms with E-state index in [0.717, 1.165) is 12.2 Å². The summed E-state index contributed by atoms with van der Waals surface area (Å²) in [6, 6.07) is 20.4. The van der Waals surface area contributed by atoms with Gasteiger partial charge in [-0.2, -0.15) is 0 Å². The fraction of sp³-hybridized carbons (Fsp3) is 0.174. The molecule has 0 saturated carbocycles. The van der Waals surface area contributed by atoms with E-state index in [9.17, 15) is 9.18 Å². The molecule has 4 nitrogen and oxygen atoms in total. The minimum Gasteiger partial charge on any atom is -0.493 e. The van der Waals surface area contributed by atoms with Crippen LogP contribution in [0.4, 0.5) is 10.1 Å². The van der Waals surface area contributed by atoms with Crippen molar-refractivity contribution in [2.24, 2.45) is 0 Å². The molecule has 0 aliphatic carbocycles. The zero-order valence-electron chi connectivity index (χ0n) is 15.7. The van der Waals surface area contributed by atoms with Crippen molar-refractivity contribution in [3.05, 3.63) is 89.7 Å². The van der Waals surface area contributed by atoms with Crippen molar-refractivity contribution in [3.63, 3.8) is 0 Å². The highest BCUT2D eigenvalue weighted by Gasteiger charge is 2.06. The molecule has 3 aromatic rings. The van der Waals surface area contributed by atoms with Gasteiger partial charge in [0.05, 0.1) is 13.2 Å². The lowest BCUT2D eigenvalue weighted by Crippen LogP contribution is -2.11. The summed E-state index contributed by atoms with van der Waals surface area (Å²) in [6.07, 6.45) is 0.751. The quantitative estimate of drug-likeness (QED) is 0.545. The topological polar surface area (TPSA) is 47.6 Å². The van der Waals surface area contributed by atoms with Gasteiger partial charge in [0.25, 0.3) is 5.91 Å². The average molecular weight is 379 g/mol. The second kappa shape index (κ2) is 9.55. The van der Waals surface area contributed by atoms with Crippen molar-refractivity contribution >= 4 is 11.6 Å². The van der Waals surface area contributed by atoms with Crippen molar-refractivity contribution in [3.8, 4) is 11.5 Å². The molecule has 3 aromatic carbocycles. The molecular weight excluding hydrogens is 357 g/mol. The summed E-state index contributed by atoms with van der Waals surface area (Å²) in [5.74, 6) is 0.934. The highest BCUT2D eigenvalue weighted by Crippen LogP contribution is 2.15. The van der Waals surface area contributed by atoms with Gasteiger partial charge in [-0.25, -0.2) is 4.39 Å². The maximum absolute atomic E-state index is 12.9. The van der Waals surface area contributed by atoms with Crippen molar-refractivity contribution in [1.82, 2.24) is 0 Å². The number of amides is 1. The number of anilines is 1. The molecule has 0 spiro atoms. The van der Waals surface area contributed by atoms with E-state index in [-0.39, 0.29) is 11.7 Å². The molecule has 0 saturated heterocycles. The van der Waals surface area contributed by atoms with Gasteiger partial charge in [-0.15, -0.1) is 0 Å². The molecule has 144 valence electrons. The third-order valence-electron chi connectivity index (χ3n) is 4.07. The first-order valence-electron chi connectivity index (χ1n) is 9.09. The van der Waals surface area contributed by atoms with Gasteiger partial charge in [0.15, 0.2) is 0 Å². The lowest BCUT2D eigenvalue weighted by molar-refractivity contribution is 0.102. The molecule has 0 heterocycles. The molecule has 0 aliphatic rings. The molecule has 0 bridgehead atoms. The van der Waals surface area contributed by atoms with E-state index >= 15 is 0 Å². The van der Waals surface area contributed by atoms with E-state index in [1.165, 1.54) is 29.8 Å². The third kappa shape index (κ3) is 5.84. The monoisotopic (exact) mass is 379 g/mol. The number of rotatable bonds is 8. The van der Waals surface area contributed by atoms with E-state index < -0.39 is 0 Å². The van der Waals surface area contributed by atoms with Gasteiger partial charge in [0.2, 0.25) is 0 Å². The summed E-state index contributed by atoms with van der Waals surface area (Å²) in [5, 5.41) is 2.72. The van der Waals surface area contributed by atoms with Crippen molar-refractivity contribution < 1.29 is 18.7 Å². The van der Waals surface area contributed by atoms with Crippen molar-refractivity contribution in [2.45, 2.75) is 13.3 Å². The molecule has 0 fully saturated rings. The second-order valence-electron chi connectivity index (χ2n) is 6.35. The normalized spacial score (nSPS) is 10.4. The van der Waals surface area contributed by atoms with Gasteiger partial charge in [0, 0.05) is 17.7 Å². The Morgan fingerprint density at radius 2 is 1.36 bits per heavy atom. The first kappa shape index (κ1) is 19.4. The molecule has 3 rings (SSSR count). The molecule has 0 aromatic heterocycles. The van der Waals surface area contributed by atoms with Crippen LogP contribution in [0.3, 0.4) is 0 Å². The highest BCUT2D eigenvalue weighted by molar-refractivity contribution is 6.04. The van der Waals surface area contributed by atoms with E-state index in [0.29, 0.717) is 30.2 Å². The lowest BCUT2D eigenvalue weighted by Gasteiger charge is -2.09. The van der Waals surface area contributed by atoms with Gasteiger partial charge < -0.3 is 14.8 Å². The van der Waals surface area contributed by atoms with Gasteiger partial charge in [-0.05, 0) is 67.6 Å². The van der Waals surface area contributed by atoms with Gasteiger partial charge in [-0.3, -0.25) is 4.79 Å². The van der Waals surface area contributed by atoms with Gasteiger partial charge >= 0.3 is 0 Å². The fourth-order valence-corrected chi connectivity index (χ4v) is 2.51. The second-order valence-corrected chi connectivity index (χ2v) is 6.35. The number of aryl methyl sites for hydroxylation is 1. The van der Waals surface area contributed by atoms with Crippen LogP contribution >= 0.6 is 0 Å². The Morgan fingerprint density at radius 1 is 0.821 bits per heavy atom. The number of carbonyl (C=O) groups excluding carboxylic acids is 1. The van der Waals surface area contributed by atoms with Crippen LogP contribution in [-0.4, -0.2) is 19.1 Å². The Kier molecular flexibility index (Phi) is 6.63. The number of benzene rings is 3. The van der Waals surface area contributed by atoms with Crippen LogP contribution in [0, 0.1) is 12.7 Å². The van der Waals surface area contributed by atoms with E-state index in [1.807, 2.05) is 31.2 Å². The summed E-state index contributed by atoms with van der Waals surface area (Å²) >= 11 is 0. The van der Waals surface area contributed by atoms with Crippen molar-refractivity contribution in [1.29, 1.82) is 0 Å². The van der Waals surface area contributed by atoms with E-state index in [1.54, 1.807) is 24.3 Å². The molecular formula is C23H22FNO3. The Labute approximate surface area is 163 Å². The van der Waals surface area contributed by atoms with Crippen LogP contribution in [0.15, 0.2) is 72.8 Å². The van der Waals surface area contributed by atoms with E-state index in [2.05, 4.69) is 5.32 Å². The van der Waals surface area contributed by atoms with Crippen LogP contribution in [0.25, 0.3) is 0 Å². The molecule has 1 N–H and O–H groups in total. The summed E-state index contributed by atoms with van der Waals surface area (Å²) in [4.78, 5) is 12.2. The van der Waals surface area contributed by atoms with Crippen LogP contribution in [0.1, 0.15) is 22.3 Å². The molecule has 0 aliphatic heterocycles. The number of hydrogen-bond acceptors (Lipinski definition) is 3. The Morgan fingerprint density at radius 3 is 1.93 bits per heavy atom. The smallest absolute Gasteiger partial charge is 0.255 e. The lowest BCUT2D eigenvalue weighted by atomic mass is 10.2. The Hall–Kier alpha value is -3.34. The summed E-state index contributed by atoms with van der Waals surface area (Å²) in [5.41, 5.74) is 2.24. The predicted molar refractivity (Wildman–Crippen MR) is 108 cm³/mol. The average Bonchev–Trinajstić information content (AvgIpc) is 2.71. The number of nitrogens with one attached hydrogen (secondary N) is 1. The van der Waals surface area contributed by atoms with Crippen LogP contribution in [-0.2, 0) is 0 Å². The third-order valence-corrected chi connectivity index (χ3v) is 4.07. The predicted octanol–water partition coefficient (Wildman–Crippen LogP) is 5.23. The van der Waals surface area contributed by atoms with E-state index in [4.69, 9.17) is 9.47 Å². The van der Waals surface area contributed by atoms with Crippen LogP contribution in [0.2, 0.25) is 0 Å². The van der Waals surface area contributed by atoms with Crippen molar-refractivity contribution in [2.75, 3.05) is 18.5 Å². The van der Waals surface area contributed by atoms with Gasteiger partial charge in [-0.1, -0.05) is 17.7 Å². The molecule has 5 heteroatoms. The zero-order chi connectivity index (χ0) is 19.8. The fourth-order valence-electron chi connectivity index (χ4n) is 2.51. The maximum atomic E-state index is 12.9. The minimum absolute atomic E-state index is 0.260. The molecule has 0 radical (unpaired) electrons. The molecule has 28 heavy (non-hydrogen) atoms. The zero-order valence-corrected chi connectivity index (χ0v) is 15.7. The number of halogens is 1. The minimum atomic E-state index is -0.344. The van der Waals surface area contributed by atoms with Gasteiger partial charge in [0.1, 0.15) is 17.3 Å². The summed E-state index contributed by atoms with van der Waals surface area (Å²) in [6.45, 7) is 3.13.